The SMILES string of the molecule is CSc1cccc(-c2ccc3c(c2)[C@]2(C[C@@]4(CCCOC4)O3)N=C(N)N(C)C2=O)c1. The molecule has 30 heavy (non-hydrogen) atoms. The number of guanidine groups is 1. The van der Waals surface area contributed by atoms with Crippen LogP contribution in [0.2, 0.25) is 0 Å². The van der Waals surface area contributed by atoms with Crippen LogP contribution < -0.4 is 10.5 Å². The number of rotatable bonds is 2. The quantitative estimate of drug-likeness (QED) is 0.750. The molecular formula is C23H25N3O3S. The van der Waals surface area contributed by atoms with Gasteiger partial charge in [-0.1, -0.05) is 18.2 Å². The lowest BCUT2D eigenvalue weighted by Gasteiger charge is -2.46. The van der Waals surface area contributed by atoms with Crippen molar-refractivity contribution in [1.82, 2.24) is 4.90 Å². The number of hydrogen-bond donors (Lipinski definition) is 1. The highest BCUT2D eigenvalue weighted by Crippen LogP contribution is 2.51. The maximum Gasteiger partial charge on any atom is 0.261 e. The van der Waals surface area contributed by atoms with E-state index < -0.39 is 11.1 Å². The first-order valence-electron chi connectivity index (χ1n) is 10.2. The van der Waals surface area contributed by atoms with Gasteiger partial charge in [-0.25, -0.2) is 4.99 Å². The van der Waals surface area contributed by atoms with E-state index in [4.69, 9.17) is 20.2 Å². The zero-order valence-electron chi connectivity index (χ0n) is 17.2. The molecule has 2 aromatic rings. The highest BCUT2D eigenvalue weighted by atomic mass is 32.2. The van der Waals surface area contributed by atoms with Crippen LogP contribution in [0.15, 0.2) is 52.4 Å². The molecule has 3 aliphatic heterocycles. The second-order valence-corrected chi connectivity index (χ2v) is 9.13. The number of amides is 1. The molecule has 0 radical (unpaired) electrons. The maximum atomic E-state index is 13.5. The van der Waals surface area contributed by atoms with E-state index in [1.165, 1.54) is 9.80 Å². The summed E-state index contributed by atoms with van der Waals surface area (Å²) in [6.07, 6.45) is 4.22. The topological polar surface area (TPSA) is 77.2 Å². The fourth-order valence-corrected chi connectivity index (χ4v) is 5.25. The third kappa shape index (κ3) is 2.91. The van der Waals surface area contributed by atoms with Crippen LogP contribution in [-0.4, -0.2) is 48.9 Å². The Bertz CT molecular complexity index is 1050. The third-order valence-corrected chi connectivity index (χ3v) is 7.05. The average Bonchev–Trinajstić information content (AvgIpc) is 2.98. The second kappa shape index (κ2) is 7.03. The second-order valence-electron chi connectivity index (χ2n) is 8.26. The van der Waals surface area contributed by atoms with Gasteiger partial charge in [0, 0.05) is 30.5 Å². The van der Waals surface area contributed by atoms with E-state index in [-0.39, 0.29) is 11.9 Å². The average molecular weight is 424 g/mol. The van der Waals surface area contributed by atoms with Crippen molar-refractivity contribution in [3.63, 3.8) is 0 Å². The summed E-state index contributed by atoms with van der Waals surface area (Å²) in [6.45, 7) is 1.17. The number of thioether (sulfide) groups is 1. The highest BCUT2D eigenvalue weighted by molar-refractivity contribution is 7.98. The van der Waals surface area contributed by atoms with Crippen molar-refractivity contribution in [2.45, 2.75) is 35.3 Å². The van der Waals surface area contributed by atoms with Gasteiger partial charge in [0.1, 0.15) is 11.4 Å². The Hall–Kier alpha value is -2.51. The Morgan fingerprint density at radius 1 is 1.20 bits per heavy atom. The number of benzene rings is 2. The molecule has 1 amide bonds. The zero-order valence-corrected chi connectivity index (χ0v) is 18.0. The van der Waals surface area contributed by atoms with Gasteiger partial charge in [0.15, 0.2) is 11.5 Å². The molecule has 3 heterocycles. The van der Waals surface area contributed by atoms with Crippen LogP contribution >= 0.6 is 11.8 Å². The minimum atomic E-state index is -1.07. The molecule has 0 aliphatic carbocycles. The Morgan fingerprint density at radius 2 is 2.03 bits per heavy atom. The van der Waals surface area contributed by atoms with Crippen molar-refractivity contribution in [2.24, 2.45) is 10.7 Å². The number of nitrogens with zero attached hydrogens (tertiary/aromatic N) is 2. The predicted octanol–water partition coefficient (Wildman–Crippen LogP) is 3.39. The number of nitrogens with two attached hydrogens (primary N) is 1. The minimum Gasteiger partial charge on any atom is -0.484 e. The Kier molecular flexibility index (Phi) is 4.56. The van der Waals surface area contributed by atoms with E-state index in [1.807, 2.05) is 24.3 Å². The summed E-state index contributed by atoms with van der Waals surface area (Å²) in [6, 6.07) is 14.4. The highest BCUT2D eigenvalue weighted by Gasteiger charge is 2.58. The first kappa shape index (κ1) is 19.5. The van der Waals surface area contributed by atoms with Crippen molar-refractivity contribution in [1.29, 1.82) is 0 Å². The number of carbonyl (C=O) groups is 1. The molecule has 1 saturated heterocycles. The standard InChI is InChI=1S/C23H25N3O3S/c1-26-20(27)23(25-21(26)24)13-22(9-4-10-28-14-22)29-19-8-7-16(12-18(19)23)15-5-3-6-17(11-15)30-2/h3,5-8,11-12H,4,9-10,13-14H2,1-2H3,(H2,24,25)/t22-,23+/m1/s1. The lowest BCUT2D eigenvalue weighted by atomic mass is 9.74. The van der Waals surface area contributed by atoms with Crippen LogP contribution in [0.25, 0.3) is 11.1 Å². The van der Waals surface area contributed by atoms with E-state index in [0.29, 0.717) is 18.8 Å². The summed E-state index contributed by atoms with van der Waals surface area (Å²) >= 11 is 1.70. The first-order chi connectivity index (χ1) is 14.5. The van der Waals surface area contributed by atoms with Crippen molar-refractivity contribution in [3.05, 3.63) is 48.0 Å². The molecular weight excluding hydrogens is 398 g/mol. The van der Waals surface area contributed by atoms with Crippen molar-refractivity contribution < 1.29 is 14.3 Å². The molecule has 5 rings (SSSR count). The molecule has 156 valence electrons. The zero-order chi connectivity index (χ0) is 20.9. The molecule has 3 aliphatic rings. The minimum absolute atomic E-state index is 0.107. The summed E-state index contributed by atoms with van der Waals surface area (Å²) in [7, 11) is 1.68. The normalized spacial score (nSPS) is 27.9. The van der Waals surface area contributed by atoms with Gasteiger partial charge in [-0.05, 0) is 54.5 Å². The molecule has 2 N–H and O–H groups in total. The monoisotopic (exact) mass is 423 g/mol. The Morgan fingerprint density at radius 3 is 2.73 bits per heavy atom. The van der Waals surface area contributed by atoms with Gasteiger partial charge >= 0.3 is 0 Å². The number of aliphatic imine (C=N–C) groups is 1. The van der Waals surface area contributed by atoms with Gasteiger partial charge in [0.2, 0.25) is 0 Å². The molecule has 7 heteroatoms. The van der Waals surface area contributed by atoms with Crippen molar-refractivity contribution in [3.8, 4) is 16.9 Å². The van der Waals surface area contributed by atoms with Crippen molar-refractivity contribution >= 4 is 23.6 Å². The van der Waals surface area contributed by atoms with Crippen LogP contribution in [0.5, 0.6) is 5.75 Å². The fourth-order valence-electron chi connectivity index (χ4n) is 4.79. The number of ether oxygens (including phenoxy) is 2. The van der Waals surface area contributed by atoms with Crippen LogP contribution in [-0.2, 0) is 15.1 Å². The van der Waals surface area contributed by atoms with Crippen LogP contribution in [0, 0.1) is 0 Å². The van der Waals surface area contributed by atoms with Crippen LogP contribution in [0.3, 0.4) is 0 Å². The van der Waals surface area contributed by atoms with Gasteiger partial charge in [-0.2, -0.15) is 0 Å². The summed E-state index contributed by atoms with van der Waals surface area (Å²) in [5, 5.41) is 0. The molecule has 0 aromatic heterocycles. The summed E-state index contributed by atoms with van der Waals surface area (Å²) in [5.74, 6) is 0.829. The Balaban J connectivity index is 1.67. The summed E-state index contributed by atoms with van der Waals surface area (Å²) in [4.78, 5) is 20.8. The van der Waals surface area contributed by atoms with Gasteiger partial charge in [-0.3, -0.25) is 9.69 Å². The molecule has 1 fully saturated rings. The molecule has 0 saturated carbocycles. The van der Waals surface area contributed by atoms with E-state index in [2.05, 4.69) is 24.5 Å². The third-order valence-electron chi connectivity index (χ3n) is 6.33. The van der Waals surface area contributed by atoms with Gasteiger partial charge in [0.25, 0.3) is 5.91 Å². The van der Waals surface area contributed by atoms with Gasteiger partial charge in [-0.15, -0.1) is 11.8 Å². The lowest BCUT2D eigenvalue weighted by molar-refractivity contribution is -0.139. The van der Waals surface area contributed by atoms with Gasteiger partial charge in [0.05, 0.1) is 6.61 Å². The maximum absolute atomic E-state index is 13.5. The largest absolute Gasteiger partial charge is 0.484 e. The molecule has 2 atom stereocenters. The number of carbonyl (C=O) groups excluding carboxylic acids is 1. The van der Waals surface area contributed by atoms with Crippen LogP contribution in [0.1, 0.15) is 24.8 Å². The van der Waals surface area contributed by atoms with E-state index in [1.54, 1.807) is 18.8 Å². The van der Waals surface area contributed by atoms with Crippen LogP contribution in [0.4, 0.5) is 0 Å². The molecule has 0 bridgehead atoms. The predicted molar refractivity (Wildman–Crippen MR) is 118 cm³/mol. The number of likely N-dealkylation sites (N-methyl/N-ethyl adjacent to an activating group) is 1. The fraction of sp³-hybridized carbons (Fsp3) is 0.391. The summed E-state index contributed by atoms with van der Waals surface area (Å²) < 4.78 is 12.2. The molecule has 0 unspecified atom stereocenters. The smallest absolute Gasteiger partial charge is 0.261 e. The summed E-state index contributed by atoms with van der Waals surface area (Å²) in [5.41, 5.74) is 7.39. The van der Waals surface area contributed by atoms with Gasteiger partial charge < -0.3 is 15.2 Å². The number of hydrogen-bond acceptors (Lipinski definition) is 6. The molecule has 6 nitrogen and oxygen atoms in total. The van der Waals surface area contributed by atoms with E-state index in [9.17, 15) is 4.79 Å². The number of fused-ring (bicyclic) bond motifs is 2. The van der Waals surface area contributed by atoms with E-state index >= 15 is 0 Å². The molecule has 2 aromatic carbocycles. The van der Waals surface area contributed by atoms with Crippen molar-refractivity contribution in [2.75, 3.05) is 26.5 Å². The Labute approximate surface area is 180 Å². The van der Waals surface area contributed by atoms with E-state index in [0.717, 1.165) is 36.1 Å². The lowest BCUT2D eigenvalue weighted by Crippen LogP contribution is -2.55. The first-order valence-corrected chi connectivity index (χ1v) is 11.4. The molecule has 2 spiro atoms.